The summed E-state index contributed by atoms with van der Waals surface area (Å²) in [5.41, 5.74) is 1.75. The Bertz CT molecular complexity index is 1820. The second-order valence-electron chi connectivity index (χ2n) is 12.4. The van der Waals surface area contributed by atoms with E-state index in [-0.39, 0.29) is 41.5 Å². The zero-order valence-electron chi connectivity index (χ0n) is 24.8. The third-order valence-corrected chi connectivity index (χ3v) is 10.7. The zero-order chi connectivity index (χ0) is 31.8. The van der Waals surface area contributed by atoms with Gasteiger partial charge in [-0.05, 0) is 67.6 Å². The monoisotopic (exact) mass is 666 g/mol. The molecule has 2 aliphatic carbocycles. The van der Waals surface area contributed by atoms with E-state index in [1.54, 1.807) is 73.7 Å². The van der Waals surface area contributed by atoms with Crippen LogP contribution in [0.15, 0.2) is 89.4 Å². The number of hydrogen-bond donors (Lipinski definition) is 1. The lowest BCUT2D eigenvalue weighted by Gasteiger charge is -2.49. The van der Waals surface area contributed by atoms with Crippen LogP contribution in [-0.4, -0.2) is 35.8 Å². The number of carbonyl (C=O) groups is 4. The van der Waals surface area contributed by atoms with Gasteiger partial charge in [0, 0.05) is 16.0 Å². The molecule has 0 radical (unpaired) electrons. The highest BCUT2D eigenvalue weighted by atomic mass is 79.9. The van der Waals surface area contributed by atoms with Crippen molar-refractivity contribution in [1.29, 1.82) is 0 Å². The van der Waals surface area contributed by atoms with E-state index in [1.165, 1.54) is 16.9 Å². The van der Waals surface area contributed by atoms with Gasteiger partial charge in [-0.15, -0.1) is 0 Å². The third-order valence-electron chi connectivity index (χ3n) is 10.3. The second kappa shape index (κ2) is 10.5. The van der Waals surface area contributed by atoms with Crippen LogP contribution in [0.2, 0.25) is 0 Å². The Kier molecular flexibility index (Phi) is 6.85. The zero-order valence-corrected chi connectivity index (χ0v) is 26.4. The van der Waals surface area contributed by atoms with Crippen LogP contribution < -0.4 is 14.5 Å². The molecule has 4 aliphatic rings. The van der Waals surface area contributed by atoms with Gasteiger partial charge in [0.25, 0.3) is 0 Å². The van der Waals surface area contributed by atoms with Crippen LogP contribution in [0.4, 0.5) is 11.4 Å². The molecule has 2 saturated heterocycles. The Morgan fingerprint density at radius 2 is 1.62 bits per heavy atom. The molecule has 4 amide bonds. The van der Waals surface area contributed by atoms with Crippen molar-refractivity contribution in [2.24, 2.45) is 29.1 Å². The van der Waals surface area contributed by atoms with Crippen LogP contribution in [0.25, 0.3) is 6.08 Å². The number of para-hydroxylation sites is 1. The molecule has 6 unspecified atom stereocenters. The molecule has 3 aromatic rings. The lowest BCUT2D eigenvalue weighted by molar-refractivity contribution is -0.131. The highest BCUT2D eigenvalue weighted by molar-refractivity contribution is 9.10. The summed E-state index contributed by atoms with van der Waals surface area (Å²) in [7, 11) is 1.45. The van der Waals surface area contributed by atoms with Crippen LogP contribution >= 0.6 is 15.9 Å². The number of fused-ring (bicyclic) bond motifs is 4. The van der Waals surface area contributed by atoms with E-state index < -0.39 is 35.0 Å². The van der Waals surface area contributed by atoms with Crippen molar-refractivity contribution in [3.8, 4) is 11.5 Å². The number of anilines is 2. The Labute approximate surface area is 269 Å². The number of rotatable bonds is 5. The number of methoxy groups -OCH3 is 1. The summed E-state index contributed by atoms with van der Waals surface area (Å²) in [5, 5.41) is 11.5. The fraction of sp³-hybridized carbons (Fsp3) is 0.278. The maximum absolute atomic E-state index is 14.5. The number of benzene rings is 3. The number of halogens is 1. The first kappa shape index (κ1) is 29.2. The average Bonchev–Trinajstić information content (AvgIpc) is 3.42. The summed E-state index contributed by atoms with van der Waals surface area (Å²) < 4.78 is 6.11. The minimum Gasteiger partial charge on any atom is -0.504 e. The van der Waals surface area contributed by atoms with Gasteiger partial charge in [0.15, 0.2) is 11.5 Å². The van der Waals surface area contributed by atoms with Gasteiger partial charge in [0.1, 0.15) is 0 Å². The summed E-state index contributed by atoms with van der Waals surface area (Å²) in [4.78, 5) is 59.4. The van der Waals surface area contributed by atoms with E-state index in [9.17, 15) is 24.3 Å². The number of imide groups is 2. The van der Waals surface area contributed by atoms with Crippen molar-refractivity contribution >= 4 is 57.0 Å². The number of phenols is 1. The Hall–Kier alpha value is -4.50. The normalized spacial score (nSPS) is 28.9. The van der Waals surface area contributed by atoms with E-state index in [0.717, 1.165) is 11.1 Å². The quantitative estimate of drug-likeness (QED) is 0.255. The molecule has 7 rings (SSSR count). The average molecular weight is 668 g/mol. The lowest BCUT2D eigenvalue weighted by atomic mass is 9.51. The molecule has 2 heterocycles. The number of amides is 4. The minimum absolute atomic E-state index is 0.134. The molecule has 1 saturated carbocycles. The Morgan fingerprint density at radius 3 is 2.29 bits per heavy atom. The van der Waals surface area contributed by atoms with Gasteiger partial charge in [-0.1, -0.05) is 70.6 Å². The number of aromatic hydroxyl groups is 1. The number of carbonyl (C=O) groups excluding carboxylic acids is 4. The molecule has 0 bridgehead atoms. The fourth-order valence-electron chi connectivity index (χ4n) is 8.17. The van der Waals surface area contributed by atoms with Crippen LogP contribution in [0.1, 0.15) is 36.8 Å². The molecule has 9 heteroatoms. The van der Waals surface area contributed by atoms with Crippen LogP contribution in [0, 0.1) is 29.1 Å². The molecule has 6 atom stereocenters. The predicted molar refractivity (Wildman–Crippen MR) is 172 cm³/mol. The summed E-state index contributed by atoms with van der Waals surface area (Å²) in [6.45, 7) is 5.56. The van der Waals surface area contributed by atoms with Crippen molar-refractivity contribution in [2.45, 2.75) is 25.7 Å². The first-order valence-corrected chi connectivity index (χ1v) is 15.7. The van der Waals surface area contributed by atoms with Crippen LogP contribution in [0.3, 0.4) is 0 Å². The SMILES string of the molecule is C=Cc1ccc(N2C(=O)C3CC=C4C(CC5C(=O)N(c6ccccc6)C(=O)C5(C)C4c4cc(Br)cc(OC)c4O)C3C2=O)cc1. The molecule has 3 aromatic carbocycles. The van der Waals surface area contributed by atoms with Gasteiger partial charge in [0.05, 0.1) is 41.7 Å². The van der Waals surface area contributed by atoms with Gasteiger partial charge in [-0.2, -0.15) is 0 Å². The van der Waals surface area contributed by atoms with E-state index in [1.807, 2.05) is 12.1 Å². The summed E-state index contributed by atoms with van der Waals surface area (Å²) in [5.74, 6) is -4.61. The van der Waals surface area contributed by atoms with Gasteiger partial charge < -0.3 is 9.84 Å². The van der Waals surface area contributed by atoms with Gasteiger partial charge in [-0.25, -0.2) is 4.90 Å². The molecule has 2 aliphatic heterocycles. The second-order valence-corrected chi connectivity index (χ2v) is 13.3. The predicted octanol–water partition coefficient (Wildman–Crippen LogP) is 6.24. The van der Waals surface area contributed by atoms with E-state index in [4.69, 9.17) is 4.74 Å². The molecule has 0 spiro atoms. The van der Waals surface area contributed by atoms with Crippen molar-refractivity contribution in [2.75, 3.05) is 16.9 Å². The molecular formula is C36H31BrN2O6. The maximum Gasteiger partial charge on any atom is 0.241 e. The first-order chi connectivity index (χ1) is 21.6. The van der Waals surface area contributed by atoms with Crippen LogP contribution in [0.5, 0.6) is 11.5 Å². The lowest BCUT2D eigenvalue weighted by Crippen LogP contribution is -2.49. The van der Waals surface area contributed by atoms with Gasteiger partial charge >= 0.3 is 0 Å². The molecule has 3 fully saturated rings. The largest absolute Gasteiger partial charge is 0.504 e. The molecule has 228 valence electrons. The first-order valence-electron chi connectivity index (χ1n) is 14.9. The molecule has 45 heavy (non-hydrogen) atoms. The fourth-order valence-corrected chi connectivity index (χ4v) is 8.62. The topological polar surface area (TPSA) is 104 Å². The summed E-state index contributed by atoms with van der Waals surface area (Å²) in [6.07, 6.45) is 4.18. The number of ether oxygens (including phenoxy) is 1. The molecule has 8 nitrogen and oxygen atoms in total. The Balaban J connectivity index is 1.39. The molecular weight excluding hydrogens is 636 g/mol. The maximum atomic E-state index is 14.5. The smallest absolute Gasteiger partial charge is 0.241 e. The minimum atomic E-state index is -1.28. The Morgan fingerprint density at radius 1 is 0.933 bits per heavy atom. The van der Waals surface area contributed by atoms with Gasteiger partial charge in [-0.3, -0.25) is 24.1 Å². The van der Waals surface area contributed by atoms with Crippen molar-refractivity contribution in [3.63, 3.8) is 0 Å². The summed E-state index contributed by atoms with van der Waals surface area (Å²) >= 11 is 3.53. The number of phenolic OH excluding ortho intramolecular Hbond substituents is 1. The van der Waals surface area contributed by atoms with E-state index in [2.05, 4.69) is 22.5 Å². The highest BCUT2D eigenvalue weighted by Gasteiger charge is 2.68. The highest BCUT2D eigenvalue weighted by Crippen LogP contribution is 2.65. The molecule has 0 aromatic heterocycles. The van der Waals surface area contributed by atoms with Crippen molar-refractivity contribution < 1.29 is 29.0 Å². The standard InChI is InChI=1S/C36H31BrN2O6/c1-4-19-10-12-22(13-11-19)38-32(41)24-15-14-23-25(29(24)34(38)43)18-27-33(42)39(21-8-6-5-7-9-21)35(44)36(27,2)30(23)26-16-20(37)17-28(45-3)31(26)40/h4-14,16-17,24-25,27,29-30,40H,1,15,18H2,2-3H3. The van der Waals surface area contributed by atoms with Gasteiger partial charge in [0.2, 0.25) is 23.6 Å². The van der Waals surface area contributed by atoms with Crippen molar-refractivity contribution in [1.82, 2.24) is 0 Å². The van der Waals surface area contributed by atoms with Crippen LogP contribution in [-0.2, 0) is 19.2 Å². The number of nitrogens with zero attached hydrogens (tertiary/aromatic N) is 2. The van der Waals surface area contributed by atoms with E-state index in [0.29, 0.717) is 27.8 Å². The van der Waals surface area contributed by atoms with Crippen molar-refractivity contribution in [3.05, 3.63) is 101 Å². The third kappa shape index (κ3) is 4.09. The number of allylic oxidation sites excluding steroid dienone is 2. The van der Waals surface area contributed by atoms with E-state index >= 15 is 0 Å². The number of hydrogen-bond acceptors (Lipinski definition) is 6. The summed E-state index contributed by atoms with van der Waals surface area (Å²) in [6, 6.07) is 19.3. The molecule has 1 N–H and O–H groups in total.